The quantitative estimate of drug-likeness (QED) is 0.150. The summed E-state index contributed by atoms with van der Waals surface area (Å²) in [4.78, 5) is 29.5. The number of phenols is 1. The lowest BCUT2D eigenvalue weighted by atomic mass is 9.88. The van der Waals surface area contributed by atoms with E-state index in [9.17, 15) is 14.7 Å². The first kappa shape index (κ1) is 29.5. The molecule has 1 saturated carbocycles. The Labute approximate surface area is 223 Å². The maximum absolute atomic E-state index is 10.7. The first-order valence-electron chi connectivity index (χ1n) is 9.21. The lowest BCUT2D eigenvalue weighted by Gasteiger charge is -2.18. The lowest BCUT2D eigenvalue weighted by molar-refractivity contribution is 0.163. The average molecular weight is 722 g/mol. The second kappa shape index (κ2) is 14.6. The fourth-order valence-electron chi connectivity index (χ4n) is 2.22. The molecule has 33 heavy (non-hydrogen) atoms. The molecule has 0 radical (unpaired) electrons. The highest BCUT2D eigenvalue weighted by Gasteiger charge is 2.19. The third-order valence-electron chi connectivity index (χ3n) is 4.20. The summed E-state index contributed by atoms with van der Waals surface area (Å²) in [5.74, 6) is 11.2. The van der Waals surface area contributed by atoms with E-state index >= 15 is 0 Å². The number of nitrogens with one attached hydrogen (secondary N) is 2. The molecule has 0 aliphatic heterocycles. The molecule has 2 aromatic carbocycles. The van der Waals surface area contributed by atoms with E-state index in [-0.39, 0.29) is 5.75 Å². The van der Waals surface area contributed by atoms with Gasteiger partial charge in [0.15, 0.2) is 5.75 Å². The zero-order valence-electron chi connectivity index (χ0n) is 17.2. The molecule has 1 aliphatic rings. The molecule has 14 heteroatoms. The summed E-state index contributed by atoms with van der Waals surface area (Å²) in [5.41, 5.74) is 0.843. The highest BCUT2D eigenvalue weighted by atomic mass is 79.9. The van der Waals surface area contributed by atoms with Gasteiger partial charge in [-0.1, -0.05) is 26.2 Å². The monoisotopic (exact) mass is 718 g/mol. The topological polar surface area (TPSA) is 169 Å². The van der Waals surface area contributed by atoms with Gasteiger partial charge in [0, 0.05) is 11.4 Å². The van der Waals surface area contributed by atoms with Gasteiger partial charge in [0.2, 0.25) is 0 Å². The highest BCUT2D eigenvalue weighted by Crippen LogP contribution is 2.49. The lowest BCUT2D eigenvalue weighted by Crippen LogP contribution is -2.17. The van der Waals surface area contributed by atoms with Crippen LogP contribution in [0, 0.1) is 5.92 Å². The summed E-state index contributed by atoms with van der Waals surface area (Å²) in [7, 11) is 0. The van der Waals surface area contributed by atoms with Crippen LogP contribution >= 0.6 is 63.7 Å². The van der Waals surface area contributed by atoms with Crippen molar-refractivity contribution in [3.63, 3.8) is 0 Å². The minimum absolute atomic E-state index is 0.0690. The molecule has 8 N–H and O–H groups in total. The molecule has 0 saturated heterocycles. The van der Waals surface area contributed by atoms with Crippen molar-refractivity contribution in [3.05, 3.63) is 42.2 Å². The van der Waals surface area contributed by atoms with Gasteiger partial charge in [-0.3, -0.25) is 10.6 Å². The summed E-state index contributed by atoms with van der Waals surface area (Å²) in [6.07, 6.45) is 2.51. The molecule has 0 heterocycles. The number of nitrogens with two attached hydrogens (primary N) is 2. The molecule has 3 rings (SSSR count). The zero-order chi connectivity index (χ0) is 25.1. The second-order valence-corrected chi connectivity index (χ2v) is 9.80. The Bertz CT molecular complexity index is 929. The van der Waals surface area contributed by atoms with Crippen LogP contribution in [0.2, 0.25) is 0 Å². The molecule has 182 valence electrons. The van der Waals surface area contributed by atoms with E-state index in [2.05, 4.69) is 96.8 Å². The molecule has 1 aliphatic carbocycles. The van der Waals surface area contributed by atoms with Crippen molar-refractivity contribution in [1.82, 2.24) is 0 Å². The zero-order valence-corrected chi connectivity index (χ0v) is 23.5. The smallest absolute Gasteiger partial charge is 0.430 e. The number of hydrogen-bond donors (Lipinski definition) is 6. The number of carbonyl (C=O) groups excluding carboxylic acids is 1. The Morgan fingerprint density at radius 1 is 0.939 bits per heavy atom. The maximum Gasteiger partial charge on any atom is 0.430 e. The Morgan fingerprint density at radius 2 is 1.36 bits per heavy atom. The molecular formula is C19H22Br4N4O6. The number of anilines is 2. The van der Waals surface area contributed by atoms with Gasteiger partial charge in [0.1, 0.15) is 5.75 Å². The van der Waals surface area contributed by atoms with Gasteiger partial charge in [-0.15, -0.1) is 0 Å². The van der Waals surface area contributed by atoms with E-state index in [1.165, 1.54) is 43.5 Å². The Balaban J connectivity index is 0.000000274. The van der Waals surface area contributed by atoms with Gasteiger partial charge in [-0.2, -0.15) is 11.8 Å². The predicted molar refractivity (Wildman–Crippen MR) is 139 cm³/mol. The van der Waals surface area contributed by atoms with Crippen molar-refractivity contribution in [2.24, 2.45) is 17.7 Å². The van der Waals surface area contributed by atoms with Crippen LogP contribution in [0.4, 0.5) is 21.0 Å². The number of amides is 2. The molecule has 0 unspecified atom stereocenters. The second-order valence-electron chi connectivity index (χ2n) is 6.63. The minimum atomic E-state index is -1.16. The van der Waals surface area contributed by atoms with E-state index < -0.39 is 12.2 Å². The summed E-state index contributed by atoms with van der Waals surface area (Å²) < 4.78 is 2.04. The largest absolute Gasteiger partial charge is 0.505 e. The van der Waals surface area contributed by atoms with Crippen LogP contribution in [-0.4, -0.2) is 22.4 Å². The van der Waals surface area contributed by atoms with Crippen LogP contribution in [0.15, 0.2) is 42.2 Å². The molecule has 0 spiro atoms. The van der Waals surface area contributed by atoms with E-state index in [0.717, 1.165) is 5.92 Å². The Kier molecular flexibility index (Phi) is 13.1. The van der Waals surface area contributed by atoms with Crippen LogP contribution in [0.5, 0.6) is 11.5 Å². The molecular weight excluding hydrogens is 700 g/mol. The van der Waals surface area contributed by atoms with Crippen LogP contribution in [0.25, 0.3) is 0 Å². The van der Waals surface area contributed by atoms with E-state index in [4.69, 9.17) is 11.0 Å². The standard InChI is InChI=1S/C8H9N3O4.C6H3Br4NO2.C5H10/c9-15-8(14)11-6-3-1-5(2-4-6)10-7(12)13;7-1-3(9)6(13-11)4(10)2(8)5(1)12;1-5-3-2-4-5/h1-4,10H,9H2,(H,11,14)(H,12,13);12H,11H2;5H,2-4H2,1H3. The molecule has 0 atom stereocenters. The van der Waals surface area contributed by atoms with Gasteiger partial charge >= 0.3 is 12.2 Å². The number of phenolic OH excluding ortho intramolecular Hbond substituents is 1. The Hall–Kier alpha value is -1.58. The van der Waals surface area contributed by atoms with Gasteiger partial charge < -0.3 is 19.9 Å². The van der Waals surface area contributed by atoms with Crippen LogP contribution in [0.1, 0.15) is 26.2 Å². The number of hydrogen-bond acceptors (Lipinski definition) is 7. The summed E-state index contributed by atoms with van der Waals surface area (Å²) in [5, 5.41) is 22.4. The number of rotatable bonds is 3. The molecule has 0 bridgehead atoms. The molecule has 10 nitrogen and oxygen atoms in total. The van der Waals surface area contributed by atoms with Crippen LogP contribution < -0.4 is 27.3 Å². The first-order valence-corrected chi connectivity index (χ1v) is 12.4. The van der Waals surface area contributed by atoms with Crippen LogP contribution in [-0.2, 0) is 4.84 Å². The van der Waals surface area contributed by atoms with Gasteiger partial charge in [-0.05, 0) is 93.9 Å². The number of carbonyl (C=O) groups is 2. The SMILES string of the molecule is CC1CCC1.NOC(=O)Nc1ccc(NC(=O)O)cc1.NOc1c(Br)c(Br)c(O)c(Br)c1Br. The number of carboxylic acid groups (broad SMARTS) is 1. The summed E-state index contributed by atoms with van der Waals surface area (Å²) in [6, 6.07) is 5.98. The van der Waals surface area contributed by atoms with Crippen molar-refractivity contribution >= 4 is 87.3 Å². The number of halogens is 4. The van der Waals surface area contributed by atoms with Gasteiger partial charge in [-0.25, -0.2) is 9.59 Å². The summed E-state index contributed by atoms with van der Waals surface area (Å²) in [6.45, 7) is 2.31. The summed E-state index contributed by atoms with van der Waals surface area (Å²) >= 11 is 12.8. The highest BCUT2D eigenvalue weighted by molar-refractivity contribution is 9.14. The van der Waals surface area contributed by atoms with Crippen molar-refractivity contribution in [1.29, 1.82) is 0 Å². The number of benzene rings is 2. The van der Waals surface area contributed by atoms with E-state index in [0.29, 0.717) is 35.0 Å². The number of aromatic hydroxyl groups is 1. The van der Waals surface area contributed by atoms with Crippen molar-refractivity contribution in [2.45, 2.75) is 26.2 Å². The third-order valence-corrected chi connectivity index (χ3v) is 8.32. The molecule has 0 aromatic heterocycles. The molecule has 2 aromatic rings. The normalized spacial score (nSPS) is 12.1. The predicted octanol–water partition coefficient (Wildman–Crippen LogP) is 6.70. The first-order chi connectivity index (χ1) is 15.5. The van der Waals surface area contributed by atoms with Crippen LogP contribution in [0.3, 0.4) is 0 Å². The molecule has 2 amide bonds. The van der Waals surface area contributed by atoms with Gasteiger partial charge in [0.25, 0.3) is 0 Å². The third kappa shape index (κ3) is 9.66. The van der Waals surface area contributed by atoms with Crippen molar-refractivity contribution < 1.29 is 29.5 Å². The van der Waals surface area contributed by atoms with E-state index in [1.807, 2.05) is 0 Å². The van der Waals surface area contributed by atoms with Gasteiger partial charge in [0.05, 0.1) is 17.9 Å². The van der Waals surface area contributed by atoms with E-state index in [1.54, 1.807) is 0 Å². The minimum Gasteiger partial charge on any atom is -0.505 e. The molecule has 1 fully saturated rings. The fourth-order valence-corrected chi connectivity index (χ4v) is 4.47. The fraction of sp³-hybridized carbons (Fsp3) is 0.263. The van der Waals surface area contributed by atoms with Crippen molar-refractivity contribution in [2.75, 3.05) is 10.6 Å². The average Bonchev–Trinajstić information content (AvgIpc) is 2.77. The van der Waals surface area contributed by atoms with Crippen molar-refractivity contribution in [3.8, 4) is 11.5 Å². The Morgan fingerprint density at radius 3 is 1.67 bits per heavy atom. The maximum atomic E-state index is 10.7.